The van der Waals surface area contributed by atoms with Crippen LogP contribution in [0.15, 0.2) is 12.2 Å². The van der Waals surface area contributed by atoms with Gasteiger partial charge in [0.05, 0.1) is 13.2 Å². The van der Waals surface area contributed by atoms with Gasteiger partial charge in [-0.05, 0) is 38.5 Å². The quantitative estimate of drug-likeness (QED) is 0.132. The number of rotatable bonds is 19. The Labute approximate surface area is 162 Å². The molecule has 3 heteroatoms. The molecule has 0 spiro atoms. The monoisotopic (exact) mass is 368 g/mol. The van der Waals surface area contributed by atoms with Gasteiger partial charge in [0.2, 0.25) is 0 Å². The van der Waals surface area contributed by atoms with E-state index in [2.05, 4.69) is 26.0 Å². The van der Waals surface area contributed by atoms with Crippen molar-refractivity contribution in [1.82, 2.24) is 0 Å². The fourth-order valence-electron chi connectivity index (χ4n) is 2.88. The first-order valence-electron chi connectivity index (χ1n) is 11.3. The highest BCUT2D eigenvalue weighted by atomic mass is 16.7. The molecule has 0 radical (unpaired) electrons. The molecule has 3 nitrogen and oxygen atoms in total. The van der Waals surface area contributed by atoms with Gasteiger partial charge in [0.1, 0.15) is 0 Å². The zero-order chi connectivity index (χ0) is 19.1. The van der Waals surface area contributed by atoms with Crippen molar-refractivity contribution in [2.75, 3.05) is 13.2 Å². The van der Waals surface area contributed by atoms with Gasteiger partial charge in [-0.1, -0.05) is 90.2 Å². The SMILES string of the molecule is CCCCCCC=CCCCCCCCCOC(=O)OCCCCCC. The second-order valence-electron chi connectivity index (χ2n) is 7.24. The molecule has 0 saturated heterocycles. The third kappa shape index (κ3) is 21.1. The van der Waals surface area contributed by atoms with Crippen LogP contribution in [0.25, 0.3) is 0 Å². The number of unbranched alkanes of at least 4 members (excludes halogenated alkanes) is 13. The van der Waals surface area contributed by atoms with Gasteiger partial charge in [0.15, 0.2) is 0 Å². The van der Waals surface area contributed by atoms with Crippen molar-refractivity contribution in [3.05, 3.63) is 12.2 Å². The largest absolute Gasteiger partial charge is 0.508 e. The van der Waals surface area contributed by atoms with E-state index < -0.39 is 6.16 Å². The number of carbonyl (C=O) groups excluding carboxylic acids is 1. The zero-order valence-corrected chi connectivity index (χ0v) is 17.6. The maximum atomic E-state index is 11.4. The average Bonchev–Trinajstić information content (AvgIpc) is 2.64. The van der Waals surface area contributed by atoms with Crippen LogP contribution >= 0.6 is 0 Å². The molecule has 0 saturated carbocycles. The third-order valence-corrected chi connectivity index (χ3v) is 4.59. The van der Waals surface area contributed by atoms with Crippen LogP contribution in [-0.4, -0.2) is 19.4 Å². The molecule has 0 N–H and O–H groups in total. The molecule has 0 atom stereocenters. The molecule has 0 aliphatic heterocycles. The van der Waals surface area contributed by atoms with E-state index in [9.17, 15) is 4.79 Å². The van der Waals surface area contributed by atoms with Crippen molar-refractivity contribution in [3.63, 3.8) is 0 Å². The Balaban J connectivity index is 3.16. The Morgan fingerprint density at radius 3 is 1.46 bits per heavy atom. The van der Waals surface area contributed by atoms with Crippen molar-refractivity contribution < 1.29 is 14.3 Å². The number of hydrogen-bond acceptors (Lipinski definition) is 3. The van der Waals surface area contributed by atoms with Crippen molar-refractivity contribution in [2.45, 2.75) is 117 Å². The molecule has 154 valence electrons. The Morgan fingerprint density at radius 1 is 0.577 bits per heavy atom. The molecule has 0 amide bonds. The highest BCUT2D eigenvalue weighted by Crippen LogP contribution is 2.09. The third-order valence-electron chi connectivity index (χ3n) is 4.59. The minimum absolute atomic E-state index is 0.492. The van der Waals surface area contributed by atoms with E-state index in [1.165, 1.54) is 77.0 Å². The van der Waals surface area contributed by atoms with Gasteiger partial charge in [-0.25, -0.2) is 4.79 Å². The van der Waals surface area contributed by atoms with Crippen LogP contribution in [0.1, 0.15) is 117 Å². The molecule has 0 unspecified atom stereocenters. The van der Waals surface area contributed by atoms with Crippen LogP contribution in [0.3, 0.4) is 0 Å². The van der Waals surface area contributed by atoms with E-state index in [0.29, 0.717) is 13.2 Å². The van der Waals surface area contributed by atoms with E-state index in [1.54, 1.807) is 0 Å². The molecular formula is C23H44O3. The normalized spacial score (nSPS) is 11.2. The minimum atomic E-state index is -0.497. The van der Waals surface area contributed by atoms with Crippen LogP contribution in [-0.2, 0) is 9.47 Å². The van der Waals surface area contributed by atoms with Crippen LogP contribution in [0.5, 0.6) is 0 Å². The first-order valence-corrected chi connectivity index (χ1v) is 11.3. The Hall–Kier alpha value is -0.990. The summed E-state index contributed by atoms with van der Waals surface area (Å²) < 4.78 is 10.1. The predicted octanol–water partition coefficient (Wildman–Crippen LogP) is 7.98. The van der Waals surface area contributed by atoms with Gasteiger partial charge in [-0.15, -0.1) is 0 Å². The van der Waals surface area contributed by atoms with Gasteiger partial charge in [0.25, 0.3) is 0 Å². The van der Waals surface area contributed by atoms with Gasteiger partial charge < -0.3 is 9.47 Å². The van der Waals surface area contributed by atoms with E-state index >= 15 is 0 Å². The summed E-state index contributed by atoms with van der Waals surface area (Å²) in [5.41, 5.74) is 0. The molecule has 0 aliphatic rings. The number of allylic oxidation sites excluding steroid dienone is 2. The summed E-state index contributed by atoms with van der Waals surface area (Å²) >= 11 is 0. The Kier molecular flexibility index (Phi) is 21.2. The summed E-state index contributed by atoms with van der Waals surface area (Å²) in [5.74, 6) is 0. The van der Waals surface area contributed by atoms with E-state index in [-0.39, 0.29) is 0 Å². The lowest BCUT2D eigenvalue weighted by Gasteiger charge is -2.06. The summed E-state index contributed by atoms with van der Waals surface area (Å²) in [7, 11) is 0. The van der Waals surface area contributed by atoms with Gasteiger partial charge in [-0.3, -0.25) is 0 Å². The molecule has 0 aromatic carbocycles. The summed E-state index contributed by atoms with van der Waals surface area (Å²) in [6.07, 6.45) is 23.8. The van der Waals surface area contributed by atoms with Crippen molar-refractivity contribution in [1.29, 1.82) is 0 Å². The fraction of sp³-hybridized carbons (Fsp3) is 0.870. The fourth-order valence-corrected chi connectivity index (χ4v) is 2.88. The van der Waals surface area contributed by atoms with Gasteiger partial charge in [0, 0.05) is 0 Å². The molecule has 26 heavy (non-hydrogen) atoms. The average molecular weight is 369 g/mol. The lowest BCUT2D eigenvalue weighted by Crippen LogP contribution is -2.09. The standard InChI is InChI=1S/C23H44O3/c1-3-5-7-9-10-11-12-13-14-15-16-17-18-20-22-26-23(24)25-21-19-8-6-4-2/h11-12H,3-10,13-22H2,1-2H3. The van der Waals surface area contributed by atoms with Crippen LogP contribution < -0.4 is 0 Å². The highest BCUT2D eigenvalue weighted by molar-refractivity contribution is 5.59. The smallest absolute Gasteiger partial charge is 0.434 e. The van der Waals surface area contributed by atoms with Crippen LogP contribution in [0.2, 0.25) is 0 Å². The molecule has 0 fully saturated rings. The first kappa shape index (κ1) is 25.0. The Morgan fingerprint density at radius 2 is 0.962 bits per heavy atom. The predicted molar refractivity (Wildman–Crippen MR) is 112 cm³/mol. The maximum Gasteiger partial charge on any atom is 0.508 e. The van der Waals surface area contributed by atoms with Crippen LogP contribution in [0.4, 0.5) is 4.79 Å². The van der Waals surface area contributed by atoms with E-state index in [1.807, 2.05) is 0 Å². The molecule has 0 aromatic rings. The maximum absolute atomic E-state index is 11.4. The van der Waals surface area contributed by atoms with Crippen molar-refractivity contribution in [3.8, 4) is 0 Å². The van der Waals surface area contributed by atoms with E-state index in [4.69, 9.17) is 9.47 Å². The van der Waals surface area contributed by atoms with Gasteiger partial charge >= 0.3 is 6.16 Å². The molecule has 0 heterocycles. The number of hydrogen-bond donors (Lipinski definition) is 0. The zero-order valence-electron chi connectivity index (χ0n) is 17.6. The van der Waals surface area contributed by atoms with Crippen molar-refractivity contribution >= 4 is 6.16 Å². The second-order valence-corrected chi connectivity index (χ2v) is 7.24. The number of ether oxygens (including phenoxy) is 2. The lowest BCUT2D eigenvalue weighted by atomic mass is 10.1. The molecular weight excluding hydrogens is 324 g/mol. The highest BCUT2D eigenvalue weighted by Gasteiger charge is 2.02. The topological polar surface area (TPSA) is 35.5 Å². The lowest BCUT2D eigenvalue weighted by molar-refractivity contribution is 0.0529. The van der Waals surface area contributed by atoms with Crippen molar-refractivity contribution in [2.24, 2.45) is 0 Å². The first-order chi connectivity index (χ1) is 12.8. The summed E-state index contributed by atoms with van der Waals surface area (Å²) in [4.78, 5) is 11.4. The summed E-state index contributed by atoms with van der Waals surface area (Å²) in [6, 6.07) is 0. The second kappa shape index (κ2) is 22.1. The summed E-state index contributed by atoms with van der Waals surface area (Å²) in [6.45, 7) is 5.41. The molecule has 0 rings (SSSR count). The minimum Gasteiger partial charge on any atom is -0.434 e. The molecule has 0 bridgehead atoms. The number of carbonyl (C=O) groups is 1. The summed E-state index contributed by atoms with van der Waals surface area (Å²) in [5, 5.41) is 0. The molecule has 0 aliphatic carbocycles. The van der Waals surface area contributed by atoms with Crippen LogP contribution in [0, 0.1) is 0 Å². The van der Waals surface area contributed by atoms with E-state index in [0.717, 1.165) is 25.7 Å². The van der Waals surface area contributed by atoms with Gasteiger partial charge in [-0.2, -0.15) is 0 Å². The molecule has 0 aromatic heterocycles. The Bertz CT molecular complexity index is 313.